The van der Waals surface area contributed by atoms with Crippen molar-refractivity contribution >= 4 is 27.6 Å². The van der Waals surface area contributed by atoms with Crippen molar-refractivity contribution in [1.82, 2.24) is 0 Å². The lowest BCUT2D eigenvalue weighted by molar-refractivity contribution is 0.00298. The maximum atomic E-state index is 11.6. The van der Waals surface area contributed by atoms with Gasteiger partial charge in [0, 0.05) is 22.8 Å². The molecule has 1 aromatic carbocycles. The second-order valence-electron chi connectivity index (χ2n) is 4.81. The van der Waals surface area contributed by atoms with Crippen LogP contribution in [-0.4, -0.2) is 31.3 Å². The van der Waals surface area contributed by atoms with E-state index in [1.165, 1.54) is 0 Å². The van der Waals surface area contributed by atoms with Gasteiger partial charge < -0.3 is 14.8 Å². The highest BCUT2D eigenvalue weighted by Crippen LogP contribution is 2.30. The Kier molecular flexibility index (Phi) is 5.43. The minimum atomic E-state index is -0.292. The Labute approximate surface area is 128 Å². The molecule has 110 valence electrons. The highest BCUT2D eigenvalue weighted by atomic mass is 79.9. The summed E-state index contributed by atoms with van der Waals surface area (Å²) in [5.41, 5.74) is 1.56. The summed E-state index contributed by atoms with van der Waals surface area (Å²) in [6.45, 7) is 4.98. The van der Waals surface area contributed by atoms with Crippen LogP contribution in [0.3, 0.4) is 0 Å². The first-order chi connectivity index (χ1) is 9.63. The van der Waals surface area contributed by atoms with Gasteiger partial charge in [0.1, 0.15) is 0 Å². The van der Waals surface area contributed by atoms with E-state index in [1.807, 2.05) is 13.0 Å². The standard InChI is InChI=1S/C15H20BrNO3/c1-3-19-12-8-11(9-12)17-14-6-5-10(7-13(14)16)15(18)20-4-2/h5-7,11-12,17H,3-4,8-9H2,1-2H3. The number of carbonyl (C=O) groups excluding carboxylic acids is 1. The molecule has 0 atom stereocenters. The average Bonchev–Trinajstić information content (AvgIpc) is 2.38. The largest absolute Gasteiger partial charge is 0.462 e. The summed E-state index contributed by atoms with van der Waals surface area (Å²) < 4.78 is 11.4. The molecule has 2 rings (SSSR count). The fourth-order valence-corrected chi connectivity index (χ4v) is 2.74. The molecule has 0 bridgehead atoms. The van der Waals surface area contributed by atoms with Gasteiger partial charge in [-0.25, -0.2) is 4.79 Å². The number of carbonyl (C=O) groups is 1. The first kappa shape index (κ1) is 15.3. The van der Waals surface area contributed by atoms with Crippen LogP contribution < -0.4 is 5.32 Å². The molecule has 0 aromatic heterocycles. The molecular formula is C15H20BrNO3. The van der Waals surface area contributed by atoms with Crippen LogP contribution in [0.1, 0.15) is 37.0 Å². The van der Waals surface area contributed by atoms with E-state index in [0.29, 0.717) is 24.3 Å². The molecule has 5 heteroatoms. The third kappa shape index (κ3) is 3.73. The van der Waals surface area contributed by atoms with Crippen molar-refractivity contribution in [2.24, 2.45) is 0 Å². The third-order valence-corrected chi connectivity index (χ3v) is 3.99. The molecule has 0 aliphatic heterocycles. The van der Waals surface area contributed by atoms with Crippen LogP contribution in [-0.2, 0) is 9.47 Å². The van der Waals surface area contributed by atoms with Crippen molar-refractivity contribution in [3.8, 4) is 0 Å². The van der Waals surface area contributed by atoms with E-state index < -0.39 is 0 Å². The van der Waals surface area contributed by atoms with Crippen LogP contribution in [0.5, 0.6) is 0 Å². The zero-order chi connectivity index (χ0) is 14.5. The van der Waals surface area contributed by atoms with Gasteiger partial charge >= 0.3 is 5.97 Å². The van der Waals surface area contributed by atoms with Gasteiger partial charge in [-0.3, -0.25) is 0 Å². The molecule has 0 amide bonds. The number of rotatable bonds is 6. The zero-order valence-corrected chi connectivity index (χ0v) is 13.4. The minimum absolute atomic E-state index is 0.292. The quantitative estimate of drug-likeness (QED) is 0.803. The smallest absolute Gasteiger partial charge is 0.338 e. The van der Waals surface area contributed by atoms with Crippen LogP contribution >= 0.6 is 15.9 Å². The zero-order valence-electron chi connectivity index (χ0n) is 11.8. The van der Waals surface area contributed by atoms with Gasteiger partial charge in [-0.1, -0.05) is 0 Å². The summed E-state index contributed by atoms with van der Waals surface area (Å²) >= 11 is 3.49. The number of hydrogen-bond donors (Lipinski definition) is 1. The number of benzene rings is 1. The molecule has 1 aromatic rings. The number of hydrogen-bond acceptors (Lipinski definition) is 4. The SMILES string of the molecule is CCOC(=O)c1ccc(NC2CC(OCC)C2)c(Br)c1. The molecule has 0 radical (unpaired) electrons. The van der Waals surface area contributed by atoms with Gasteiger partial charge in [-0.05, 0) is 60.8 Å². The Bertz CT molecular complexity index is 472. The number of ether oxygens (including phenoxy) is 2. The van der Waals surface area contributed by atoms with E-state index in [9.17, 15) is 4.79 Å². The molecule has 1 aliphatic rings. The summed E-state index contributed by atoms with van der Waals surface area (Å²) in [5, 5.41) is 3.45. The van der Waals surface area contributed by atoms with E-state index in [1.54, 1.807) is 19.1 Å². The Morgan fingerprint density at radius 2 is 2.10 bits per heavy atom. The fraction of sp³-hybridized carbons (Fsp3) is 0.533. The van der Waals surface area contributed by atoms with Gasteiger partial charge in [0.05, 0.1) is 18.3 Å². The van der Waals surface area contributed by atoms with E-state index >= 15 is 0 Å². The lowest BCUT2D eigenvalue weighted by Gasteiger charge is -2.36. The second kappa shape index (κ2) is 7.09. The summed E-state index contributed by atoms with van der Waals surface area (Å²) in [6, 6.07) is 5.92. The minimum Gasteiger partial charge on any atom is -0.462 e. The molecule has 0 saturated heterocycles. The molecule has 1 saturated carbocycles. The van der Waals surface area contributed by atoms with Crippen molar-refractivity contribution in [3.63, 3.8) is 0 Å². The van der Waals surface area contributed by atoms with Crippen LogP contribution in [0.4, 0.5) is 5.69 Å². The average molecular weight is 342 g/mol. The predicted molar refractivity (Wildman–Crippen MR) is 82.2 cm³/mol. The highest BCUT2D eigenvalue weighted by Gasteiger charge is 2.29. The Balaban J connectivity index is 1.92. The summed E-state index contributed by atoms with van der Waals surface area (Å²) in [4.78, 5) is 11.6. The summed E-state index contributed by atoms with van der Waals surface area (Å²) in [6.07, 6.45) is 2.44. The van der Waals surface area contributed by atoms with Crippen LogP contribution in [0.15, 0.2) is 22.7 Å². The number of halogens is 1. The molecule has 1 N–H and O–H groups in total. The number of nitrogens with one attached hydrogen (secondary N) is 1. The Morgan fingerprint density at radius 3 is 2.70 bits per heavy atom. The first-order valence-electron chi connectivity index (χ1n) is 6.98. The predicted octanol–water partition coefficient (Wildman–Crippen LogP) is 3.61. The van der Waals surface area contributed by atoms with Crippen LogP contribution in [0.2, 0.25) is 0 Å². The van der Waals surface area contributed by atoms with Gasteiger partial charge in [0.25, 0.3) is 0 Å². The van der Waals surface area contributed by atoms with Gasteiger partial charge in [0.15, 0.2) is 0 Å². The van der Waals surface area contributed by atoms with Crippen LogP contribution in [0, 0.1) is 0 Å². The topological polar surface area (TPSA) is 47.6 Å². The maximum Gasteiger partial charge on any atom is 0.338 e. The molecule has 1 fully saturated rings. The van der Waals surface area contributed by atoms with E-state index in [-0.39, 0.29) is 5.97 Å². The molecule has 0 spiro atoms. The lowest BCUT2D eigenvalue weighted by atomic mass is 9.89. The molecular weight excluding hydrogens is 322 g/mol. The molecule has 4 nitrogen and oxygen atoms in total. The van der Waals surface area contributed by atoms with E-state index in [2.05, 4.69) is 21.2 Å². The molecule has 20 heavy (non-hydrogen) atoms. The maximum absolute atomic E-state index is 11.6. The molecule has 0 heterocycles. The molecule has 1 aliphatic carbocycles. The number of anilines is 1. The van der Waals surface area contributed by atoms with Gasteiger partial charge in [0.2, 0.25) is 0 Å². The molecule has 0 unspecified atom stereocenters. The van der Waals surface area contributed by atoms with E-state index in [4.69, 9.17) is 9.47 Å². The van der Waals surface area contributed by atoms with Gasteiger partial charge in [-0.2, -0.15) is 0 Å². The van der Waals surface area contributed by atoms with Crippen molar-refractivity contribution in [1.29, 1.82) is 0 Å². The second-order valence-corrected chi connectivity index (χ2v) is 5.66. The highest BCUT2D eigenvalue weighted by molar-refractivity contribution is 9.10. The normalized spacial score (nSPS) is 21.1. The van der Waals surface area contributed by atoms with Crippen LogP contribution in [0.25, 0.3) is 0 Å². The van der Waals surface area contributed by atoms with Crippen molar-refractivity contribution in [2.75, 3.05) is 18.5 Å². The Hall–Kier alpha value is -1.07. The fourth-order valence-electron chi connectivity index (χ4n) is 2.25. The monoisotopic (exact) mass is 341 g/mol. The summed E-state index contributed by atoms with van der Waals surface area (Å²) in [7, 11) is 0. The van der Waals surface area contributed by atoms with Crippen molar-refractivity contribution in [3.05, 3.63) is 28.2 Å². The Morgan fingerprint density at radius 1 is 1.35 bits per heavy atom. The summed E-state index contributed by atoms with van der Waals surface area (Å²) in [5.74, 6) is -0.292. The van der Waals surface area contributed by atoms with E-state index in [0.717, 1.165) is 29.6 Å². The first-order valence-corrected chi connectivity index (χ1v) is 7.78. The third-order valence-electron chi connectivity index (χ3n) is 3.34. The number of esters is 1. The van der Waals surface area contributed by atoms with Crippen molar-refractivity contribution in [2.45, 2.75) is 38.8 Å². The van der Waals surface area contributed by atoms with Crippen molar-refractivity contribution < 1.29 is 14.3 Å². The lowest BCUT2D eigenvalue weighted by Crippen LogP contribution is -2.40. The van der Waals surface area contributed by atoms with Gasteiger partial charge in [-0.15, -0.1) is 0 Å².